The summed E-state index contributed by atoms with van der Waals surface area (Å²) >= 11 is 10.4. The molecular formula is C15H16BrClN2O3S2. The average Bonchev–Trinajstić information content (AvgIpc) is 2.90. The molecule has 0 spiro atoms. The van der Waals surface area contributed by atoms with Crippen molar-refractivity contribution in [2.24, 2.45) is 4.99 Å². The van der Waals surface area contributed by atoms with Gasteiger partial charge in [0.2, 0.25) is 0 Å². The van der Waals surface area contributed by atoms with Gasteiger partial charge in [-0.25, -0.2) is 8.42 Å². The standard InChI is InChI=1S/C15H16BrClN2O3S2/c1-8-3-10(16)4-9(2)14(8)19-11-6-24(21,22)7-12(11)23-15(19)18-13(20)5-17/h3-4,11-12H,5-7H2,1-2H3/t11-,12-/m1/s1. The van der Waals surface area contributed by atoms with Crippen LogP contribution in [0.2, 0.25) is 0 Å². The fraction of sp³-hybridized carbons (Fsp3) is 0.467. The normalized spacial score (nSPS) is 26.8. The van der Waals surface area contributed by atoms with E-state index in [9.17, 15) is 13.2 Å². The maximum atomic E-state index is 12.1. The highest BCUT2D eigenvalue weighted by molar-refractivity contribution is 9.10. The minimum Gasteiger partial charge on any atom is -0.315 e. The summed E-state index contributed by atoms with van der Waals surface area (Å²) in [6.07, 6.45) is 0. The number of anilines is 1. The number of rotatable bonds is 2. The molecule has 2 saturated heterocycles. The number of carbonyl (C=O) groups is 1. The second-order valence-corrected chi connectivity index (χ2v) is 10.5. The highest BCUT2D eigenvalue weighted by Gasteiger charge is 2.49. The number of halogens is 2. The van der Waals surface area contributed by atoms with Crippen molar-refractivity contribution >= 4 is 65.9 Å². The Morgan fingerprint density at radius 2 is 2.00 bits per heavy atom. The van der Waals surface area contributed by atoms with Crippen LogP contribution in [0.25, 0.3) is 0 Å². The molecule has 0 radical (unpaired) electrons. The lowest BCUT2D eigenvalue weighted by molar-refractivity contribution is -0.115. The number of aryl methyl sites for hydroxylation is 2. The second kappa shape index (κ2) is 6.63. The molecule has 2 aliphatic heterocycles. The van der Waals surface area contributed by atoms with Crippen LogP contribution in [0, 0.1) is 13.8 Å². The van der Waals surface area contributed by atoms with Gasteiger partial charge in [-0.3, -0.25) is 4.79 Å². The molecule has 0 N–H and O–H groups in total. The van der Waals surface area contributed by atoms with E-state index in [4.69, 9.17) is 11.6 Å². The largest absolute Gasteiger partial charge is 0.315 e. The average molecular weight is 452 g/mol. The van der Waals surface area contributed by atoms with Crippen LogP contribution in [0.5, 0.6) is 0 Å². The van der Waals surface area contributed by atoms with Crippen molar-refractivity contribution in [3.63, 3.8) is 0 Å². The molecule has 1 aromatic carbocycles. The van der Waals surface area contributed by atoms with Gasteiger partial charge in [0.15, 0.2) is 15.0 Å². The van der Waals surface area contributed by atoms with E-state index in [2.05, 4.69) is 20.9 Å². The maximum Gasteiger partial charge on any atom is 0.262 e. The van der Waals surface area contributed by atoms with Crippen LogP contribution in [0.3, 0.4) is 0 Å². The second-order valence-electron chi connectivity index (χ2n) is 5.98. The lowest BCUT2D eigenvalue weighted by atomic mass is 10.1. The maximum absolute atomic E-state index is 12.1. The monoisotopic (exact) mass is 450 g/mol. The molecule has 0 aliphatic carbocycles. The molecule has 24 heavy (non-hydrogen) atoms. The molecule has 2 aliphatic rings. The highest BCUT2D eigenvalue weighted by Crippen LogP contribution is 2.43. The Labute approximate surface area is 158 Å². The van der Waals surface area contributed by atoms with Crippen LogP contribution in [0.4, 0.5) is 5.69 Å². The molecule has 1 aromatic rings. The number of amides is 1. The number of hydrogen-bond donors (Lipinski definition) is 0. The van der Waals surface area contributed by atoms with Gasteiger partial charge in [-0.15, -0.1) is 11.6 Å². The molecule has 0 unspecified atom stereocenters. The number of amidine groups is 1. The summed E-state index contributed by atoms with van der Waals surface area (Å²) in [5.74, 6) is -0.418. The summed E-state index contributed by atoms with van der Waals surface area (Å²) < 4.78 is 25.1. The number of aliphatic imine (C=N–C) groups is 1. The van der Waals surface area contributed by atoms with Crippen LogP contribution >= 0.6 is 39.3 Å². The number of sulfone groups is 1. The number of alkyl halides is 1. The summed E-state index contributed by atoms with van der Waals surface area (Å²) in [7, 11) is -3.08. The summed E-state index contributed by atoms with van der Waals surface area (Å²) in [6.45, 7) is 3.94. The van der Waals surface area contributed by atoms with Crippen molar-refractivity contribution in [1.29, 1.82) is 0 Å². The van der Waals surface area contributed by atoms with E-state index in [0.29, 0.717) is 5.17 Å². The van der Waals surface area contributed by atoms with Gasteiger partial charge < -0.3 is 4.90 Å². The first-order valence-electron chi connectivity index (χ1n) is 7.32. The third-order valence-electron chi connectivity index (χ3n) is 4.10. The Hall–Kier alpha value is -0.570. The van der Waals surface area contributed by atoms with Gasteiger partial charge in [-0.1, -0.05) is 27.7 Å². The van der Waals surface area contributed by atoms with Gasteiger partial charge in [0.05, 0.1) is 17.5 Å². The molecule has 9 heteroatoms. The van der Waals surface area contributed by atoms with Gasteiger partial charge >= 0.3 is 0 Å². The number of carbonyl (C=O) groups excluding carboxylic acids is 1. The van der Waals surface area contributed by atoms with E-state index < -0.39 is 15.7 Å². The van der Waals surface area contributed by atoms with E-state index in [0.717, 1.165) is 21.3 Å². The van der Waals surface area contributed by atoms with Gasteiger partial charge in [0.25, 0.3) is 5.91 Å². The quantitative estimate of drug-likeness (QED) is 0.647. The number of nitrogens with zero attached hydrogens (tertiary/aromatic N) is 2. The minimum absolute atomic E-state index is 0.0771. The number of benzene rings is 1. The number of hydrogen-bond acceptors (Lipinski definition) is 4. The summed E-state index contributed by atoms with van der Waals surface area (Å²) in [5.41, 5.74) is 2.91. The van der Waals surface area contributed by atoms with E-state index in [1.165, 1.54) is 11.8 Å². The first-order valence-corrected chi connectivity index (χ1v) is 11.4. The van der Waals surface area contributed by atoms with Gasteiger partial charge in [-0.05, 0) is 37.1 Å². The molecule has 0 aromatic heterocycles. The Balaban J connectivity index is 2.12. The highest BCUT2D eigenvalue weighted by atomic mass is 79.9. The van der Waals surface area contributed by atoms with Gasteiger partial charge in [0.1, 0.15) is 5.88 Å². The smallest absolute Gasteiger partial charge is 0.262 e. The van der Waals surface area contributed by atoms with Crippen molar-refractivity contribution in [1.82, 2.24) is 0 Å². The summed E-state index contributed by atoms with van der Waals surface area (Å²) in [5, 5.41) is 0.429. The first-order chi connectivity index (χ1) is 11.2. The van der Waals surface area contributed by atoms with Crippen molar-refractivity contribution in [2.75, 3.05) is 22.3 Å². The molecule has 1 amide bonds. The molecule has 3 rings (SSSR count). The molecule has 0 saturated carbocycles. The Bertz CT molecular complexity index is 818. The molecule has 130 valence electrons. The Morgan fingerprint density at radius 3 is 2.58 bits per heavy atom. The third-order valence-corrected chi connectivity index (χ3v) is 7.99. The zero-order valence-corrected chi connectivity index (χ0v) is 17.1. The molecule has 0 bridgehead atoms. The lowest BCUT2D eigenvalue weighted by Gasteiger charge is -2.28. The predicted octanol–water partition coefficient (Wildman–Crippen LogP) is 2.91. The summed E-state index contributed by atoms with van der Waals surface area (Å²) in [4.78, 5) is 17.8. The predicted molar refractivity (Wildman–Crippen MR) is 103 cm³/mol. The van der Waals surface area contributed by atoms with Gasteiger partial charge in [-0.2, -0.15) is 4.99 Å². The van der Waals surface area contributed by atoms with Crippen LogP contribution in [0.1, 0.15) is 11.1 Å². The van der Waals surface area contributed by atoms with Crippen molar-refractivity contribution in [3.05, 3.63) is 27.7 Å². The van der Waals surface area contributed by atoms with E-state index in [-0.39, 0.29) is 28.7 Å². The molecule has 5 nitrogen and oxygen atoms in total. The van der Waals surface area contributed by atoms with E-state index >= 15 is 0 Å². The summed E-state index contributed by atoms with van der Waals surface area (Å²) in [6, 6.07) is 3.75. The Kier molecular flexibility index (Phi) is 5.03. The Morgan fingerprint density at radius 1 is 1.38 bits per heavy atom. The van der Waals surface area contributed by atoms with Crippen molar-refractivity contribution < 1.29 is 13.2 Å². The topological polar surface area (TPSA) is 66.8 Å². The van der Waals surface area contributed by atoms with Crippen LogP contribution in [-0.2, 0) is 14.6 Å². The zero-order chi connectivity index (χ0) is 17.6. The van der Waals surface area contributed by atoms with Crippen LogP contribution < -0.4 is 4.90 Å². The van der Waals surface area contributed by atoms with Crippen LogP contribution in [0.15, 0.2) is 21.6 Å². The first kappa shape index (κ1) is 18.2. The van der Waals surface area contributed by atoms with E-state index in [1.807, 2.05) is 30.9 Å². The molecular weight excluding hydrogens is 436 g/mol. The number of thioether (sulfide) groups is 1. The van der Waals surface area contributed by atoms with Crippen molar-refractivity contribution in [2.45, 2.75) is 25.1 Å². The minimum atomic E-state index is -3.08. The van der Waals surface area contributed by atoms with E-state index in [1.54, 1.807) is 0 Å². The van der Waals surface area contributed by atoms with Gasteiger partial charge in [0, 0.05) is 15.4 Å². The lowest BCUT2D eigenvalue weighted by Crippen LogP contribution is -2.38. The molecule has 2 heterocycles. The van der Waals surface area contributed by atoms with Crippen molar-refractivity contribution in [3.8, 4) is 0 Å². The SMILES string of the molecule is Cc1cc(Br)cc(C)c1N1C(=NC(=O)CCl)S[C@@H]2CS(=O)(=O)C[C@H]21. The number of fused-ring (bicyclic) bond motifs is 1. The third kappa shape index (κ3) is 3.38. The molecule has 2 fully saturated rings. The molecule has 2 atom stereocenters. The fourth-order valence-corrected chi connectivity index (χ4v) is 7.91. The fourth-order valence-electron chi connectivity index (χ4n) is 3.25. The zero-order valence-electron chi connectivity index (χ0n) is 13.1. The van der Waals surface area contributed by atoms with Crippen LogP contribution in [-0.4, -0.2) is 48.2 Å².